The van der Waals surface area contributed by atoms with Crippen molar-refractivity contribution in [2.24, 2.45) is 0 Å². The Balaban J connectivity index is 2.76. The molecular formula is C15H20FN3O. The van der Waals surface area contributed by atoms with Crippen LogP contribution >= 0.6 is 0 Å². The first kappa shape index (κ1) is 16.1. The summed E-state index contributed by atoms with van der Waals surface area (Å²) in [5.41, 5.74) is 1.04. The molecule has 1 N–H and O–H groups in total. The van der Waals surface area contributed by atoms with Crippen molar-refractivity contribution in [2.75, 3.05) is 13.1 Å². The molecule has 1 aromatic carbocycles. The molecule has 0 saturated carbocycles. The lowest BCUT2D eigenvalue weighted by atomic mass is 10.1. The summed E-state index contributed by atoms with van der Waals surface area (Å²) in [6, 6.07) is 6.21. The Kier molecular flexibility index (Phi) is 6.13. The highest BCUT2D eigenvalue weighted by Crippen LogP contribution is 2.13. The van der Waals surface area contributed by atoms with Gasteiger partial charge in [-0.05, 0) is 44.2 Å². The first-order valence-electron chi connectivity index (χ1n) is 6.66. The summed E-state index contributed by atoms with van der Waals surface area (Å²) in [5, 5.41) is 11.8. The van der Waals surface area contributed by atoms with Crippen LogP contribution in [0.2, 0.25) is 0 Å². The molecule has 0 fully saturated rings. The fraction of sp³-hybridized carbons (Fsp3) is 0.467. The smallest absolute Gasteiger partial charge is 0.234 e. The number of halogens is 1. The van der Waals surface area contributed by atoms with Crippen molar-refractivity contribution in [3.05, 3.63) is 35.1 Å². The molecule has 0 saturated heterocycles. The van der Waals surface area contributed by atoms with Crippen molar-refractivity contribution < 1.29 is 9.18 Å². The molecule has 0 aliphatic carbocycles. The van der Waals surface area contributed by atoms with Crippen LogP contribution < -0.4 is 5.32 Å². The van der Waals surface area contributed by atoms with Crippen LogP contribution in [0.15, 0.2) is 18.2 Å². The van der Waals surface area contributed by atoms with Gasteiger partial charge < -0.3 is 5.32 Å². The van der Waals surface area contributed by atoms with Gasteiger partial charge in [-0.15, -0.1) is 0 Å². The van der Waals surface area contributed by atoms with Crippen molar-refractivity contribution in [1.82, 2.24) is 10.2 Å². The fourth-order valence-electron chi connectivity index (χ4n) is 1.89. The van der Waals surface area contributed by atoms with Gasteiger partial charge in [0.15, 0.2) is 0 Å². The maximum Gasteiger partial charge on any atom is 0.234 e. The first-order valence-corrected chi connectivity index (χ1v) is 6.66. The predicted molar refractivity (Wildman–Crippen MR) is 75.3 cm³/mol. The zero-order valence-electron chi connectivity index (χ0n) is 12.1. The van der Waals surface area contributed by atoms with Crippen molar-refractivity contribution in [3.63, 3.8) is 0 Å². The highest BCUT2D eigenvalue weighted by molar-refractivity contribution is 5.78. The minimum Gasteiger partial charge on any atom is -0.353 e. The molecule has 1 aromatic rings. The Bertz CT molecular complexity index is 508. The number of benzene rings is 1. The van der Waals surface area contributed by atoms with Crippen molar-refractivity contribution in [1.29, 1.82) is 5.26 Å². The van der Waals surface area contributed by atoms with E-state index >= 15 is 0 Å². The van der Waals surface area contributed by atoms with E-state index in [0.717, 1.165) is 0 Å². The van der Waals surface area contributed by atoms with Crippen LogP contribution in [0.3, 0.4) is 0 Å². The lowest BCUT2D eigenvalue weighted by Crippen LogP contribution is -2.39. The standard InChI is InChI=1S/C15H20FN3O/c1-4-19(10-15(20)18-11(2)3)9-13-7-14(16)6-5-12(13)8-17/h5-7,11H,4,9-10H2,1-3H3,(H,18,20). The van der Waals surface area contributed by atoms with Gasteiger partial charge >= 0.3 is 0 Å². The lowest BCUT2D eigenvalue weighted by Gasteiger charge is -2.21. The van der Waals surface area contributed by atoms with Crippen molar-refractivity contribution >= 4 is 5.91 Å². The molecule has 1 rings (SSSR count). The van der Waals surface area contributed by atoms with Gasteiger partial charge in [-0.1, -0.05) is 6.92 Å². The molecule has 0 atom stereocenters. The molecule has 0 aliphatic rings. The van der Waals surface area contributed by atoms with Gasteiger partial charge in [0.05, 0.1) is 18.2 Å². The molecule has 1 amide bonds. The number of likely N-dealkylation sites (N-methyl/N-ethyl adjacent to an activating group) is 1. The van der Waals surface area contributed by atoms with Gasteiger partial charge in [0.2, 0.25) is 5.91 Å². The monoisotopic (exact) mass is 277 g/mol. The Morgan fingerprint density at radius 2 is 2.20 bits per heavy atom. The number of carbonyl (C=O) groups is 1. The molecule has 0 bridgehead atoms. The maximum absolute atomic E-state index is 13.3. The van der Waals surface area contributed by atoms with Gasteiger partial charge in [0, 0.05) is 12.6 Å². The molecule has 108 valence electrons. The summed E-state index contributed by atoms with van der Waals surface area (Å²) in [5.74, 6) is -0.446. The molecule has 0 unspecified atom stereocenters. The SMILES string of the molecule is CCN(CC(=O)NC(C)C)Cc1cc(F)ccc1C#N. The lowest BCUT2D eigenvalue weighted by molar-refractivity contribution is -0.122. The average Bonchev–Trinajstić information content (AvgIpc) is 2.37. The summed E-state index contributed by atoms with van der Waals surface area (Å²) < 4.78 is 13.3. The van der Waals surface area contributed by atoms with E-state index < -0.39 is 0 Å². The molecule has 20 heavy (non-hydrogen) atoms. The van der Waals surface area contributed by atoms with Gasteiger partial charge in [-0.3, -0.25) is 9.69 Å². The van der Waals surface area contributed by atoms with E-state index in [1.807, 2.05) is 31.7 Å². The highest BCUT2D eigenvalue weighted by atomic mass is 19.1. The first-order chi connectivity index (χ1) is 9.46. The van der Waals surface area contributed by atoms with Gasteiger partial charge in [0.1, 0.15) is 5.82 Å². The Morgan fingerprint density at radius 3 is 2.75 bits per heavy atom. The van der Waals surface area contributed by atoms with Gasteiger partial charge in [0.25, 0.3) is 0 Å². The Hall–Kier alpha value is -1.93. The highest BCUT2D eigenvalue weighted by Gasteiger charge is 2.13. The van der Waals surface area contributed by atoms with Crippen LogP contribution in [0.4, 0.5) is 4.39 Å². The topological polar surface area (TPSA) is 56.1 Å². The summed E-state index contributed by atoms with van der Waals surface area (Å²) in [6.45, 7) is 6.97. The second kappa shape index (κ2) is 7.61. The number of nitrogens with zero attached hydrogens (tertiary/aromatic N) is 2. The third kappa shape index (κ3) is 4.98. The fourth-order valence-corrected chi connectivity index (χ4v) is 1.89. The van der Waals surface area contributed by atoms with Gasteiger partial charge in [-0.25, -0.2) is 4.39 Å². The minimum atomic E-state index is -0.373. The molecule has 0 aliphatic heterocycles. The third-order valence-electron chi connectivity index (χ3n) is 2.85. The Labute approximate surface area is 119 Å². The quantitative estimate of drug-likeness (QED) is 0.865. The molecule has 0 aromatic heterocycles. The van der Waals surface area contributed by atoms with E-state index in [-0.39, 0.29) is 24.3 Å². The van der Waals surface area contributed by atoms with Crippen LogP contribution in [0, 0.1) is 17.1 Å². The summed E-state index contributed by atoms with van der Waals surface area (Å²) in [6.07, 6.45) is 0. The van der Waals surface area contributed by atoms with Crippen molar-refractivity contribution in [2.45, 2.75) is 33.4 Å². The predicted octanol–water partition coefficient (Wildman–Crippen LogP) is 2.04. The normalized spacial score (nSPS) is 10.7. The van der Waals surface area contributed by atoms with E-state index in [4.69, 9.17) is 5.26 Å². The zero-order chi connectivity index (χ0) is 15.1. The Morgan fingerprint density at radius 1 is 1.50 bits per heavy atom. The number of nitriles is 1. The summed E-state index contributed by atoms with van der Waals surface area (Å²) in [7, 11) is 0. The van der Waals surface area contributed by atoms with Crippen molar-refractivity contribution in [3.8, 4) is 6.07 Å². The van der Waals surface area contributed by atoms with E-state index in [0.29, 0.717) is 24.2 Å². The number of hydrogen-bond acceptors (Lipinski definition) is 3. The third-order valence-corrected chi connectivity index (χ3v) is 2.85. The zero-order valence-corrected chi connectivity index (χ0v) is 12.1. The second-order valence-corrected chi connectivity index (χ2v) is 4.94. The van der Waals surface area contributed by atoms with Crippen LogP contribution in [-0.2, 0) is 11.3 Å². The molecule has 5 heteroatoms. The maximum atomic E-state index is 13.3. The number of rotatable bonds is 6. The van der Waals surface area contributed by atoms with Crippen LogP contribution in [0.25, 0.3) is 0 Å². The van der Waals surface area contributed by atoms with E-state index in [1.54, 1.807) is 0 Å². The minimum absolute atomic E-state index is 0.0724. The molecule has 0 radical (unpaired) electrons. The molecule has 4 nitrogen and oxygen atoms in total. The number of nitrogens with one attached hydrogen (secondary N) is 1. The largest absolute Gasteiger partial charge is 0.353 e. The summed E-state index contributed by atoms with van der Waals surface area (Å²) >= 11 is 0. The van der Waals surface area contributed by atoms with E-state index in [1.165, 1.54) is 18.2 Å². The van der Waals surface area contributed by atoms with Crippen LogP contribution in [-0.4, -0.2) is 29.9 Å². The molecular weight excluding hydrogens is 257 g/mol. The summed E-state index contributed by atoms with van der Waals surface area (Å²) in [4.78, 5) is 13.6. The number of hydrogen-bond donors (Lipinski definition) is 1. The average molecular weight is 277 g/mol. The van der Waals surface area contributed by atoms with E-state index in [9.17, 15) is 9.18 Å². The number of carbonyl (C=O) groups excluding carboxylic acids is 1. The van der Waals surface area contributed by atoms with Crippen LogP contribution in [0.1, 0.15) is 31.9 Å². The van der Waals surface area contributed by atoms with E-state index in [2.05, 4.69) is 5.32 Å². The van der Waals surface area contributed by atoms with Crippen LogP contribution in [0.5, 0.6) is 0 Å². The number of amides is 1. The molecule has 0 heterocycles. The molecule has 0 spiro atoms. The van der Waals surface area contributed by atoms with Gasteiger partial charge in [-0.2, -0.15) is 5.26 Å². The second-order valence-electron chi connectivity index (χ2n) is 4.94.